The summed E-state index contributed by atoms with van der Waals surface area (Å²) in [6.45, 7) is 1.95. The van der Waals surface area contributed by atoms with Crippen LogP contribution in [0.1, 0.15) is 40.2 Å². The van der Waals surface area contributed by atoms with Crippen molar-refractivity contribution in [2.75, 3.05) is 19.8 Å². The van der Waals surface area contributed by atoms with E-state index in [-0.39, 0.29) is 17.0 Å². The van der Waals surface area contributed by atoms with E-state index in [9.17, 15) is 13.6 Å². The Morgan fingerprint density at radius 1 is 1.23 bits per heavy atom. The Labute approximate surface area is 150 Å². The van der Waals surface area contributed by atoms with Gasteiger partial charge in [-0.3, -0.25) is 4.79 Å². The van der Waals surface area contributed by atoms with E-state index in [0.717, 1.165) is 18.5 Å². The third-order valence-electron chi connectivity index (χ3n) is 5.15. The van der Waals surface area contributed by atoms with E-state index in [1.807, 2.05) is 11.0 Å². The number of carbonyl (C=O) groups is 1. The summed E-state index contributed by atoms with van der Waals surface area (Å²) in [5.74, 6) is 0.532. The molecular formula is C19H19F2N3O2. The van der Waals surface area contributed by atoms with E-state index < -0.39 is 6.43 Å². The summed E-state index contributed by atoms with van der Waals surface area (Å²) in [7, 11) is 0. The maximum absolute atomic E-state index is 12.7. The number of rotatable bonds is 5. The predicted octanol–water partition coefficient (Wildman–Crippen LogP) is 2.81. The fourth-order valence-corrected chi connectivity index (χ4v) is 3.39. The number of amides is 1. The summed E-state index contributed by atoms with van der Waals surface area (Å²) in [4.78, 5) is 22.9. The summed E-state index contributed by atoms with van der Waals surface area (Å²) < 4.78 is 30.7. The van der Waals surface area contributed by atoms with Gasteiger partial charge in [-0.2, -0.15) is 0 Å². The van der Waals surface area contributed by atoms with Gasteiger partial charge in [-0.05, 0) is 18.4 Å². The lowest BCUT2D eigenvalue weighted by molar-refractivity contribution is -0.172. The van der Waals surface area contributed by atoms with Gasteiger partial charge < -0.3 is 9.64 Å². The fraction of sp³-hybridized carbons (Fsp3) is 0.421. The zero-order chi connectivity index (χ0) is 18.1. The Morgan fingerprint density at radius 2 is 2.00 bits per heavy atom. The zero-order valence-corrected chi connectivity index (χ0v) is 14.2. The smallest absolute Gasteiger partial charge is 0.263 e. The van der Waals surface area contributed by atoms with E-state index in [2.05, 4.69) is 9.97 Å². The minimum Gasteiger partial charge on any atom is -0.376 e. The third-order valence-corrected chi connectivity index (χ3v) is 5.15. The molecule has 0 saturated carbocycles. The standard InChI is InChI=1S/C19H19F2N3O2/c20-17(21)14-3-1-2-13(8-14)4-5-16-22-9-15(10-23-16)18(25)24-7-6-19(24)11-26-12-19/h1-3,8-10,17H,4-7,11-12H2. The molecular weight excluding hydrogens is 340 g/mol. The van der Waals surface area contributed by atoms with Crippen molar-refractivity contribution in [3.05, 3.63) is 59.2 Å². The van der Waals surface area contributed by atoms with Gasteiger partial charge in [-0.25, -0.2) is 18.7 Å². The first-order chi connectivity index (χ1) is 12.6. The van der Waals surface area contributed by atoms with Crippen molar-refractivity contribution in [3.63, 3.8) is 0 Å². The van der Waals surface area contributed by atoms with E-state index in [1.165, 1.54) is 12.1 Å². The molecule has 0 unspecified atom stereocenters. The van der Waals surface area contributed by atoms with Gasteiger partial charge in [0.05, 0.1) is 24.3 Å². The number of ether oxygens (including phenoxy) is 1. The number of likely N-dealkylation sites (tertiary alicyclic amines) is 1. The van der Waals surface area contributed by atoms with Gasteiger partial charge in [0.2, 0.25) is 0 Å². The summed E-state index contributed by atoms with van der Waals surface area (Å²) in [6, 6.07) is 6.37. The van der Waals surface area contributed by atoms with Crippen molar-refractivity contribution >= 4 is 5.91 Å². The summed E-state index contributed by atoms with van der Waals surface area (Å²) in [5, 5.41) is 0. The zero-order valence-electron chi connectivity index (χ0n) is 14.2. The average molecular weight is 359 g/mol. The monoisotopic (exact) mass is 359 g/mol. The van der Waals surface area contributed by atoms with Crippen LogP contribution in [-0.2, 0) is 17.6 Å². The molecule has 0 atom stereocenters. The van der Waals surface area contributed by atoms with Crippen LogP contribution >= 0.6 is 0 Å². The Bertz CT molecular complexity index is 801. The number of benzene rings is 1. The highest BCUT2D eigenvalue weighted by Crippen LogP contribution is 2.38. The molecule has 7 heteroatoms. The Kier molecular flexibility index (Phi) is 4.40. The number of nitrogens with zero attached hydrogens (tertiary/aromatic N) is 3. The van der Waals surface area contributed by atoms with Crippen molar-refractivity contribution in [3.8, 4) is 0 Å². The highest BCUT2D eigenvalue weighted by molar-refractivity contribution is 5.94. The van der Waals surface area contributed by atoms with Gasteiger partial charge in [-0.1, -0.05) is 24.3 Å². The highest BCUT2D eigenvalue weighted by atomic mass is 19.3. The van der Waals surface area contributed by atoms with Gasteiger partial charge in [0, 0.05) is 30.9 Å². The van der Waals surface area contributed by atoms with E-state index in [4.69, 9.17) is 4.74 Å². The molecule has 4 rings (SSSR count). The molecule has 2 aliphatic heterocycles. The fourth-order valence-electron chi connectivity index (χ4n) is 3.39. The van der Waals surface area contributed by atoms with Crippen LogP contribution in [0, 0.1) is 0 Å². The number of hydrogen-bond donors (Lipinski definition) is 0. The number of carbonyl (C=O) groups excluding carboxylic acids is 1. The summed E-state index contributed by atoms with van der Waals surface area (Å²) >= 11 is 0. The first-order valence-corrected chi connectivity index (χ1v) is 8.65. The van der Waals surface area contributed by atoms with Crippen molar-refractivity contribution in [2.45, 2.75) is 31.2 Å². The van der Waals surface area contributed by atoms with Gasteiger partial charge in [0.25, 0.3) is 12.3 Å². The number of aryl methyl sites for hydroxylation is 2. The van der Waals surface area contributed by atoms with Gasteiger partial charge >= 0.3 is 0 Å². The molecule has 1 aromatic heterocycles. The van der Waals surface area contributed by atoms with Crippen molar-refractivity contribution in [1.82, 2.24) is 14.9 Å². The maximum Gasteiger partial charge on any atom is 0.263 e. The van der Waals surface area contributed by atoms with Crippen molar-refractivity contribution < 1.29 is 18.3 Å². The molecule has 26 heavy (non-hydrogen) atoms. The van der Waals surface area contributed by atoms with E-state index >= 15 is 0 Å². The van der Waals surface area contributed by atoms with Crippen LogP contribution < -0.4 is 0 Å². The number of halogens is 2. The van der Waals surface area contributed by atoms with Crippen LogP contribution in [0.4, 0.5) is 8.78 Å². The lowest BCUT2D eigenvalue weighted by Gasteiger charge is -2.57. The minimum absolute atomic E-state index is 0.0211. The molecule has 1 amide bonds. The van der Waals surface area contributed by atoms with Crippen molar-refractivity contribution in [2.24, 2.45) is 0 Å². The van der Waals surface area contributed by atoms with Crippen molar-refractivity contribution in [1.29, 1.82) is 0 Å². The maximum atomic E-state index is 12.7. The molecule has 0 bridgehead atoms. The van der Waals surface area contributed by atoms with Crippen LogP contribution in [-0.4, -0.2) is 46.1 Å². The summed E-state index contributed by atoms with van der Waals surface area (Å²) in [6.07, 6.45) is 2.71. The topological polar surface area (TPSA) is 55.3 Å². The average Bonchev–Trinajstić information content (AvgIpc) is 2.58. The predicted molar refractivity (Wildman–Crippen MR) is 90.0 cm³/mol. The molecule has 0 radical (unpaired) electrons. The largest absolute Gasteiger partial charge is 0.376 e. The van der Waals surface area contributed by atoms with Crippen LogP contribution in [0.2, 0.25) is 0 Å². The SMILES string of the molecule is O=C(c1cnc(CCc2cccc(C(F)F)c2)nc1)N1CCC12COC2. The minimum atomic E-state index is -2.47. The second-order valence-corrected chi connectivity index (χ2v) is 6.86. The number of alkyl halides is 2. The third kappa shape index (κ3) is 3.07. The van der Waals surface area contributed by atoms with Crippen LogP contribution in [0.15, 0.2) is 36.7 Å². The van der Waals surface area contributed by atoms with Gasteiger partial charge in [-0.15, -0.1) is 0 Å². The molecule has 0 N–H and O–H groups in total. The van der Waals surface area contributed by atoms with Crippen LogP contribution in [0.5, 0.6) is 0 Å². The molecule has 3 heterocycles. The van der Waals surface area contributed by atoms with Gasteiger partial charge in [0.15, 0.2) is 0 Å². The number of aromatic nitrogens is 2. The van der Waals surface area contributed by atoms with E-state index in [0.29, 0.717) is 37.4 Å². The second kappa shape index (κ2) is 6.72. The molecule has 2 aliphatic rings. The molecule has 1 aromatic carbocycles. The molecule has 136 valence electrons. The Morgan fingerprint density at radius 3 is 2.58 bits per heavy atom. The Hall–Kier alpha value is -2.41. The number of hydrogen-bond acceptors (Lipinski definition) is 4. The molecule has 2 saturated heterocycles. The quantitative estimate of drug-likeness (QED) is 0.824. The van der Waals surface area contributed by atoms with E-state index in [1.54, 1.807) is 18.5 Å². The molecule has 5 nitrogen and oxygen atoms in total. The Balaban J connectivity index is 1.37. The molecule has 1 spiro atoms. The molecule has 2 aromatic rings. The lowest BCUT2D eigenvalue weighted by Crippen LogP contribution is -2.72. The first kappa shape index (κ1) is 17.0. The summed E-state index contributed by atoms with van der Waals surface area (Å²) in [5.41, 5.74) is 1.21. The first-order valence-electron chi connectivity index (χ1n) is 8.65. The highest BCUT2D eigenvalue weighted by Gasteiger charge is 2.53. The lowest BCUT2D eigenvalue weighted by atomic mass is 9.82. The normalized spacial score (nSPS) is 17.9. The second-order valence-electron chi connectivity index (χ2n) is 6.86. The molecule has 2 fully saturated rings. The van der Waals surface area contributed by atoms with Crippen LogP contribution in [0.3, 0.4) is 0 Å². The molecule has 0 aliphatic carbocycles. The van der Waals surface area contributed by atoms with Gasteiger partial charge in [0.1, 0.15) is 5.82 Å². The van der Waals surface area contributed by atoms with Crippen LogP contribution in [0.25, 0.3) is 0 Å².